The molecule has 12 amide bonds. The quantitative estimate of drug-likeness (QED) is 0.286. The van der Waals surface area contributed by atoms with E-state index >= 15 is 14.4 Å². The van der Waals surface area contributed by atoms with Crippen LogP contribution in [0.4, 0.5) is 0 Å². The second-order valence-electron chi connectivity index (χ2n) is 28.2. The van der Waals surface area contributed by atoms with Crippen molar-refractivity contribution in [1.29, 1.82) is 0 Å². The molecule has 8 atom stereocenters. The maximum absolute atomic E-state index is 15.4. The van der Waals surface area contributed by atoms with Crippen LogP contribution >= 0.6 is 0 Å². The summed E-state index contributed by atoms with van der Waals surface area (Å²) in [6.07, 6.45) is 10.2. The zero-order valence-corrected chi connectivity index (χ0v) is 58.0. The van der Waals surface area contributed by atoms with Gasteiger partial charge in [0.2, 0.25) is 70.9 Å². The monoisotopic (exact) mass is 1300 g/mol. The molecule has 5 fully saturated rings. The lowest BCUT2D eigenvalue weighted by Crippen LogP contribution is -2.65. The highest BCUT2D eigenvalue weighted by Crippen LogP contribution is 2.35. The number of piperidine rings is 1. The zero-order valence-electron chi connectivity index (χ0n) is 58.0. The predicted molar refractivity (Wildman–Crippen MR) is 352 cm³/mol. The number of amides is 12. The first-order valence-corrected chi connectivity index (χ1v) is 34.4. The third-order valence-electron chi connectivity index (χ3n) is 20.4. The molecule has 518 valence electrons. The second kappa shape index (κ2) is 34.3. The van der Waals surface area contributed by atoms with Gasteiger partial charge in [-0.05, 0) is 99.9 Å². The molecule has 3 aliphatic heterocycles. The summed E-state index contributed by atoms with van der Waals surface area (Å²) in [6.45, 7) is 10.5. The van der Waals surface area contributed by atoms with Crippen molar-refractivity contribution in [3.8, 4) is 0 Å². The van der Waals surface area contributed by atoms with E-state index in [1.165, 1.54) is 88.5 Å². The molecule has 3 N–H and O–H groups in total. The van der Waals surface area contributed by atoms with E-state index in [9.17, 15) is 43.2 Å². The van der Waals surface area contributed by atoms with E-state index in [4.69, 9.17) is 0 Å². The van der Waals surface area contributed by atoms with Crippen molar-refractivity contribution in [2.45, 2.75) is 218 Å². The third kappa shape index (κ3) is 19.3. The van der Waals surface area contributed by atoms with E-state index in [0.29, 0.717) is 64.5 Å². The van der Waals surface area contributed by atoms with Crippen LogP contribution in [-0.2, 0) is 64.0 Å². The van der Waals surface area contributed by atoms with E-state index < -0.39 is 157 Å². The van der Waals surface area contributed by atoms with Crippen molar-refractivity contribution in [2.75, 3.05) is 88.6 Å². The Morgan fingerprint density at radius 2 is 1.18 bits per heavy atom. The average molecular weight is 1300 g/mol. The average Bonchev–Trinajstić information content (AvgIpc) is 1.77. The Kier molecular flexibility index (Phi) is 27.6. The van der Waals surface area contributed by atoms with Gasteiger partial charge in [-0.25, -0.2) is 0 Å². The van der Waals surface area contributed by atoms with E-state index in [2.05, 4.69) is 16.0 Å². The van der Waals surface area contributed by atoms with Crippen molar-refractivity contribution in [2.24, 2.45) is 23.7 Å². The Balaban J connectivity index is 1.40. The van der Waals surface area contributed by atoms with Crippen LogP contribution < -0.4 is 16.0 Å². The van der Waals surface area contributed by atoms with Crippen LogP contribution in [0.5, 0.6) is 0 Å². The van der Waals surface area contributed by atoms with Gasteiger partial charge in [-0.1, -0.05) is 123 Å². The number of carbonyl (C=O) groups is 12. The second-order valence-corrected chi connectivity index (χ2v) is 28.2. The fraction of sp³-hybridized carbons (Fsp3) is 0.739. The summed E-state index contributed by atoms with van der Waals surface area (Å²) in [5.74, 6) is -7.91. The topological polar surface area (TPSA) is 270 Å². The number of rotatable bonds is 11. The minimum atomic E-state index is -1.48. The highest BCUT2D eigenvalue weighted by atomic mass is 16.2. The van der Waals surface area contributed by atoms with Gasteiger partial charge >= 0.3 is 0 Å². The van der Waals surface area contributed by atoms with Gasteiger partial charge in [-0.15, -0.1) is 0 Å². The Hall–Kier alpha value is -7.14. The summed E-state index contributed by atoms with van der Waals surface area (Å²) in [7, 11) is 10.2. The van der Waals surface area contributed by atoms with E-state index in [1.54, 1.807) is 25.7 Å². The van der Waals surface area contributed by atoms with E-state index in [1.807, 2.05) is 51.1 Å². The van der Waals surface area contributed by atoms with Crippen molar-refractivity contribution >= 4 is 70.9 Å². The molecule has 2 saturated carbocycles. The van der Waals surface area contributed by atoms with Crippen LogP contribution in [0.15, 0.2) is 30.3 Å². The standard InChI is InChI=1S/C69H110N12O12/c1-14-47(6)59-66(91)75(9)43-57(84)73(7)44-58(85)77(11)53(40-49-29-20-16-21-30-49)64(89)74(8)42-55(82)70-50(33-32-48-27-18-15-19-28-48)63(88)81-38-26-31-51(81)62(87)72-69(34-22-23-35-69)68(93)79(13)60(46(4)5)67(92)78(12)54(65(90)80-36-24-17-25-37-80)41-56(83)76(10)52(39-45(2)3)61(86)71-59/h15,18-19,27-28,45-47,49-54,59-60H,14,16-17,20-26,29-44H2,1-13H3,(H,70,82)(H,71,86)(H,72,87)/t47-,50-,51-,52-,53-,54-,59-,60-/m0/s1. The smallest absolute Gasteiger partial charge is 0.248 e. The normalized spacial score (nSPS) is 26.7. The summed E-state index contributed by atoms with van der Waals surface area (Å²) < 4.78 is 0. The number of carbonyl (C=O) groups excluding carboxylic acids is 12. The van der Waals surface area contributed by atoms with Crippen molar-refractivity contribution < 1.29 is 57.5 Å². The van der Waals surface area contributed by atoms with Gasteiger partial charge in [-0.3, -0.25) is 57.5 Å². The molecular formula is C69H110N12O12. The minimum absolute atomic E-state index is 0.0965. The molecule has 2 aliphatic carbocycles. The summed E-state index contributed by atoms with van der Waals surface area (Å²) in [5, 5.41) is 8.94. The summed E-state index contributed by atoms with van der Waals surface area (Å²) in [6, 6.07) is 1.36. The molecule has 0 aromatic heterocycles. The first-order valence-electron chi connectivity index (χ1n) is 34.4. The summed E-state index contributed by atoms with van der Waals surface area (Å²) >= 11 is 0. The molecule has 3 heterocycles. The van der Waals surface area contributed by atoms with E-state index in [0.717, 1.165) is 44.1 Å². The fourth-order valence-corrected chi connectivity index (χ4v) is 14.3. The molecule has 5 aliphatic rings. The first-order chi connectivity index (χ1) is 44.0. The lowest BCUT2D eigenvalue weighted by atomic mass is 9.84. The number of hydrogen-bond acceptors (Lipinski definition) is 12. The van der Waals surface area contributed by atoms with Gasteiger partial charge in [0.15, 0.2) is 0 Å². The predicted octanol–water partition coefficient (Wildman–Crippen LogP) is 3.83. The highest BCUT2D eigenvalue weighted by Gasteiger charge is 2.50. The molecule has 3 saturated heterocycles. The van der Waals surface area contributed by atoms with Crippen LogP contribution in [0.2, 0.25) is 0 Å². The molecule has 93 heavy (non-hydrogen) atoms. The molecule has 0 unspecified atom stereocenters. The number of fused-ring (bicyclic) bond motifs is 1. The Morgan fingerprint density at radius 3 is 1.80 bits per heavy atom. The van der Waals surface area contributed by atoms with Crippen LogP contribution in [0.25, 0.3) is 0 Å². The maximum atomic E-state index is 15.4. The van der Waals surface area contributed by atoms with Gasteiger partial charge in [0.25, 0.3) is 0 Å². The molecular weight excluding hydrogens is 1190 g/mol. The lowest BCUT2D eigenvalue weighted by Gasteiger charge is -2.42. The highest BCUT2D eigenvalue weighted by molar-refractivity contribution is 6.00. The molecule has 1 aromatic rings. The molecule has 0 radical (unpaired) electrons. The zero-order chi connectivity index (χ0) is 68.6. The molecule has 24 nitrogen and oxygen atoms in total. The molecule has 24 heteroatoms. The third-order valence-corrected chi connectivity index (χ3v) is 20.4. The number of nitrogens with zero attached hydrogens (tertiary/aromatic N) is 9. The summed E-state index contributed by atoms with van der Waals surface area (Å²) in [5.41, 5.74) is -0.577. The van der Waals surface area contributed by atoms with Gasteiger partial charge in [0.1, 0.15) is 47.8 Å². The van der Waals surface area contributed by atoms with Gasteiger partial charge in [0.05, 0.1) is 26.1 Å². The molecule has 1 aromatic carbocycles. The van der Waals surface area contributed by atoms with Gasteiger partial charge < -0.3 is 60.0 Å². The molecule has 6 rings (SSSR count). The van der Waals surface area contributed by atoms with Crippen LogP contribution in [0.3, 0.4) is 0 Å². The van der Waals surface area contributed by atoms with E-state index in [-0.39, 0.29) is 50.5 Å². The van der Waals surface area contributed by atoms with Crippen molar-refractivity contribution in [1.82, 2.24) is 60.0 Å². The number of benzene rings is 1. The van der Waals surface area contributed by atoms with Gasteiger partial charge in [-0.2, -0.15) is 0 Å². The number of aryl methyl sites for hydroxylation is 1. The Labute approximate surface area is 552 Å². The minimum Gasteiger partial charge on any atom is -0.343 e. The number of hydrogen-bond donors (Lipinski definition) is 3. The number of likely N-dealkylation sites (N-methyl/N-ethyl adjacent to an activating group) is 7. The SMILES string of the molecule is CC[C@H](C)[C@@H]1NC(=O)[C@H](CC(C)C)N(C)C(=O)C[C@@H](C(=O)N2CCCCC2)N(C)C(=O)[C@H](C(C)C)N(C)C(=O)C2(CCCC2)NC(=O)[C@@H]2CCCN2C(=O)[C@H](CCc2ccccc2)NC(=O)CN(C)C(=O)[C@H](CC2CCCCC2)N(C)C(=O)CN(C)C(=O)CN(C)C1=O. The number of likely N-dealkylation sites (tertiary alicyclic amines) is 1. The van der Waals surface area contributed by atoms with Crippen molar-refractivity contribution in [3.63, 3.8) is 0 Å². The Morgan fingerprint density at radius 1 is 0.581 bits per heavy atom. The molecule has 0 bridgehead atoms. The largest absolute Gasteiger partial charge is 0.343 e. The Bertz CT molecular complexity index is 2800. The van der Waals surface area contributed by atoms with Crippen LogP contribution in [-0.4, -0.2) is 251 Å². The van der Waals surface area contributed by atoms with Crippen LogP contribution in [0, 0.1) is 23.7 Å². The van der Waals surface area contributed by atoms with Crippen molar-refractivity contribution in [3.05, 3.63) is 35.9 Å². The van der Waals surface area contributed by atoms with Crippen LogP contribution in [0.1, 0.15) is 169 Å². The summed E-state index contributed by atoms with van der Waals surface area (Å²) in [4.78, 5) is 189. The van der Waals surface area contributed by atoms with Gasteiger partial charge in [0, 0.05) is 69.0 Å². The number of nitrogens with one attached hydrogen (secondary N) is 3. The maximum Gasteiger partial charge on any atom is 0.248 e. The first kappa shape index (κ1) is 74.9. The fourth-order valence-electron chi connectivity index (χ4n) is 14.3. The lowest BCUT2D eigenvalue weighted by molar-refractivity contribution is -0.156. The molecule has 1 spiro atoms.